The van der Waals surface area contributed by atoms with Crippen molar-refractivity contribution in [2.45, 2.75) is 5.41 Å². The van der Waals surface area contributed by atoms with E-state index in [1.807, 2.05) is 0 Å². The number of hydrogen-bond acceptors (Lipinski definition) is 7. The molecule has 1 atom stereocenters. The number of amides is 5. The molecule has 1 saturated heterocycles. The van der Waals surface area contributed by atoms with Crippen molar-refractivity contribution in [2.24, 2.45) is 5.92 Å². The van der Waals surface area contributed by atoms with Gasteiger partial charge in [0.2, 0.25) is 29.3 Å². The van der Waals surface area contributed by atoms with Gasteiger partial charge in [-0.15, -0.1) is 0 Å². The quantitative estimate of drug-likeness (QED) is 0.509. The summed E-state index contributed by atoms with van der Waals surface area (Å²) in [5.41, 5.74) is -2.88. The van der Waals surface area contributed by atoms with Gasteiger partial charge in [-0.3, -0.25) is 33.8 Å². The summed E-state index contributed by atoms with van der Waals surface area (Å²) in [6.45, 7) is 0. The molecule has 0 radical (unpaired) electrons. The van der Waals surface area contributed by atoms with Crippen LogP contribution in [0.5, 0.6) is 0 Å². The van der Waals surface area contributed by atoms with Crippen LogP contribution < -0.4 is 5.32 Å². The molecular formula is C24H17N3O7. The SMILES string of the molecule is CN1C(=O)C(C2(C3=C(O)c4ccccc4C(=O)C3=O)C(=O)Nc3ccccc32)C(=O)N(C)C1=O. The van der Waals surface area contributed by atoms with E-state index in [9.17, 15) is 33.9 Å². The smallest absolute Gasteiger partial charge is 0.332 e. The van der Waals surface area contributed by atoms with E-state index >= 15 is 0 Å². The number of barbiturate groups is 1. The molecule has 10 heteroatoms. The number of nitrogens with zero attached hydrogens (tertiary/aromatic N) is 2. The molecule has 2 aliphatic heterocycles. The van der Waals surface area contributed by atoms with Gasteiger partial charge in [0, 0.05) is 30.9 Å². The van der Waals surface area contributed by atoms with Crippen molar-refractivity contribution < 1.29 is 33.9 Å². The topological polar surface area (TPSA) is 141 Å². The van der Waals surface area contributed by atoms with Gasteiger partial charge in [-0.1, -0.05) is 42.5 Å². The number of carbonyl (C=O) groups excluding carboxylic acids is 6. The first-order chi connectivity index (χ1) is 16.1. The highest BCUT2D eigenvalue weighted by Crippen LogP contribution is 2.53. The van der Waals surface area contributed by atoms with Crippen molar-refractivity contribution in [3.8, 4) is 0 Å². The van der Waals surface area contributed by atoms with E-state index in [2.05, 4.69) is 5.32 Å². The summed E-state index contributed by atoms with van der Waals surface area (Å²) >= 11 is 0. The van der Waals surface area contributed by atoms with Crippen molar-refractivity contribution in [1.29, 1.82) is 0 Å². The van der Waals surface area contributed by atoms with Gasteiger partial charge in [0.15, 0.2) is 0 Å². The van der Waals surface area contributed by atoms with Gasteiger partial charge >= 0.3 is 6.03 Å². The van der Waals surface area contributed by atoms with Gasteiger partial charge in [-0.2, -0.15) is 0 Å². The molecular weight excluding hydrogens is 442 g/mol. The number of benzene rings is 2. The number of anilines is 1. The Morgan fingerprint density at radius 2 is 1.35 bits per heavy atom. The minimum Gasteiger partial charge on any atom is -0.507 e. The zero-order chi connectivity index (χ0) is 24.5. The summed E-state index contributed by atoms with van der Waals surface area (Å²) < 4.78 is 0. The van der Waals surface area contributed by atoms with Crippen LogP contribution in [-0.4, -0.2) is 64.3 Å². The molecule has 2 aromatic carbocycles. The fourth-order valence-electron chi connectivity index (χ4n) is 4.97. The van der Waals surface area contributed by atoms with Crippen LogP contribution in [-0.2, 0) is 24.6 Å². The van der Waals surface area contributed by atoms with Crippen LogP contribution in [0.1, 0.15) is 21.5 Å². The number of urea groups is 1. The number of aliphatic hydroxyl groups excluding tert-OH is 1. The maximum absolute atomic E-state index is 13.7. The third-order valence-corrected chi connectivity index (χ3v) is 6.61. The van der Waals surface area contributed by atoms with Crippen molar-refractivity contribution >= 4 is 46.8 Å². The molecule has 0 bridgehead atoms. The number of carbonyl (C=O) groups is 6. The number of ketones is 2. The lowest BCUT2D eigenvalue weighted by molar-refractivity contribution is -0.153. The van der Waals surface area contributed by atoms with Crippen LogP contribution in [0.15, 0.2) is 54.1 Å². The van der Waals surface area contributed by atoms with Crippen LogP contribution in [0.25, 0.3) is 5.76 Å². The molecule has 2 aromatic rings. The van der Waals surface area contributed by atoms with E-state index in [0.717, 1.165) is 14.1 Å². The first-order valence-corrected chi connectivity index (χ1v) is 10.3. The Bertz CT molecular complexity index is 1380. The second-order valence-corrected chi connectivity index (χ2v) is 8.25. The van der Waals surface area contributed by atoms with Crippen LogP contribution in [0, 0.1) is 5.92 Å². The molecule has 1 aliphatic carbocycles. The molecule has 0 spiro atoms. The van der Waals surface area contributed by atoms with Gasteiger partial charge in [0.1, 0.15) is 17.1 Å². The van der Waals surface area contributed by atoms with Gasteiger partial charge in [-0.25, -0.2) is 4.79 Å². The van der Waals surface area contributed by atoms with Crippen LogP contribution in [0.4, 0.5) is 10.5 Å². The minimum atomic E-state index is -2.39. The van der Waals surface area contributed by atoms with Crippen molar-refractivity contribution in [1.82, 2.24) is 9.80 Å². The van der Waals surface area contributed by atoms with E-state index in [1.54, 1.807) is 6.07 Å². The Hall–Kier alpha value is -4.60. The Kier molecular flexibility index (Phi) is 4.34. The minimum absolute atomic E-state index is 0.00727. The summed E-state index contributed by atoms with van der Waals surface area (Å²) in [6, 6.07) is 10.9. The molecule has 1 unspecified atom stereocenters. The second-order valence-electron chi connectivity index (χ2n) is 8.25. The Morgan fingerprint density at radius 3 is 2.00 bits per heavy atom. The maximum atomic E-state index is 13.7. The fourth-order valence-corrected chi connectivity index (χ4v) is 4.97. The first-order valence-electron chi connectivity index (χ1n) is 10.3. The molecule has 2 heterocycles. The third-order valence-electron chi connectivity index (χ3n) is 6.61. The number of nitrogens with one attached hydrogen (secondary N) is 1. The summed E-state index contributed by atoms with van der Waals surface area (Å²) in [5.74, 6) is -7.85. The molecule has 5 amide bonds. The van der Waals surface area contributed by atoms with E-state index in [4.69, 9.17) is 0 Å². The number of hydrogen-bond donors (Lipinski definition) is 2. The van der Waals surface area contributed by atoms with Crippen LogP contribution in [0.2, 0.25) is 0 Å². The zero-order valence-electron chi connectivity index (χ0n) is 18.0. The summed E-state index contributed by atoms with van der Waals surface area (Å²) in [4.78, 5) is 80.7. The van der Waals surface area contributed by atoms with Gasteiger partial charge < -0.3 is 10.4 Å². The lowest BCUT2D eigenvalue weighted by Crippen LogP contribution is -2.65. The highest BCUT2D eigenvalue weighted by atomic mass is 16.3. The summed E-state index contributed by atoms with van der Waals surface area (Å²) in [6.07, 6.45) is 0. The summed E-state index contributed by atoms with van der Waals surface area (Å²) in [5, 5.41) is 13.8. The Balaban J connectivity index is 1.92. The zero-order valence-corrected chi connectivity index (χ0v) is 18.0. The van der Waals surface area contributed by atoms with Gasteiger partial charge in [-0.05, 0) is 11.6 Å². The number of para-hydroxylation sites is 1. The second kappa shape index (κ2) is 6.95. The molecule has 5 rings (SSSR count). The average molecular weight is 459 g/mol. The van der Waals surface area contributed by atoms with Crippen LogP contribution in [0.3, 0.4) is 0 Å². The molecule has 2 N–H and O–H groups in total. The summed E-state index contributed by atoms with van der Waals surface area (Å²) in [7, 11) is 2.29. The average Bonchev–Trinajstić information content (AvgIpc) is 3.12. The van der Waals surface area contributed by atoms with E-state index in [0.29, 0.717) is 9.80 Å². The fraction of sp³-hybridized carbons (Fsp3) is 0.167. The Morgan fingerprint density at radius 1 is 0.794 bits per heavy atom. The molecule has 170 valence electrons. The van der Waals surface area contributed by atoms with Crippen molar-refractivity contribution in [3.05, 3.63) is 70.8 Å². The maximum Gasteiger partial charge on any atom is 0.332 e. The molecule has 10 nitrogen and oxygen atoms in total. The number of Topliss-reactive ketones (excluding diaryl/α,β-unsaturated/α-hetero) is 2. The standard InChI is InChI=1S/C24H17N3O7/c1-26-20(31)16(21(32)27(2)23(26)34)24(13-9-5-6-10-14(13)25-22(24)33)15-17(28)11-7-3-4-8-12(11)18(29)19(15)30/h3-10,16,28H,1-2H3,(H,25,33). The molecule has 1 fully saturated rings. The lowest BCUT2D eigenvalue weighted by atomic mass is 9.61. The third kappa shape index (κ3) is 2.39. The molecule has 0 aromatic heterocycles. The van der Waals surface area contributed by atoms with Crippen molar-refractivity contribution in [3.63, 3.8) is 0 Å². The molecule has 3 aliphatic rings. The van der Waals surface area contributed by atoms with Gasteiger partial charge in [0.25, 0.3) is 0 Å². The monoisotopic (exact) mass is 459 g/mol. The largest absolute Gasteiger partial charge is 0.507 e. The number of fused-ring (bicyclic) bond motifs is 2. The highest BCUT2D eigenvalue weighted by molar-refractivity contribution is 6.54. The Labute approximate surface area is 192 Å². The van der Waals surface area contributed by atoms with Crippen LogP contribution >= 0.6 is 0 Å². The number of aliphatic hydroxyl groups is 1. The van der Waals surface area contributed by atoms with E-state index in [1.165, 1.54) is 42.5 Å². The molecule has 34 heavy (non-hydrogen) atoms. The lowest BCUT2D eigenvalue weighted by Gasteiger charge is -2.42. The van der Waals surface area contributed by atoms with E-state index in [-0.39, 0.29) is 22.4 Å². The predicted octanol–water partition coefficient (Wildman–Crippen LogP) is 1.28. The normalized spacial score (nSPS) is 22.9. The van der Waals surface area contributed by atoms with Crippen molar-refractivity contribution in [2.75, 3.05) is 19.4 Å². The van der Waals surface area contributed by atoms with Gasteiger partial charge in [0.05, 0.1) is 5.57 Å². The predicted molar refractivity (Wildman–Crippen MR) is 117 cm³/mol. The number of rotatable bonds is 2. The van der Waals surface area contributed by atoms with E-state index < -0.39 is 58.0 Å². The number of imide groups is 2. The first kappa shape index (κ1) is 21.3. The molecule has 0 saturated carbocycles. The highest BCUT2D eigenvalue weighted by Gasteiger charge is 2.66.